The number of primary amides is 1. The van der Waals surface area contributed by atoms with Crippen LogP contribution in [0.4, 0.5) is 4.79 Å². The van der Waals surface area contributed by atoms with Gasteiger partial charge in [-0.15, -0.1) is 11.3 Å². The van der Waals surface area contributed by atoms with E-state index < -0.39 is 17.2 Å². The monoisotopic (exact) mass is 307 g/mol. The van der Waals surface area contributed by atoms with E-state index in [1.54, 1.807) is 0 Å². The molecule has 3 N–H and O–H groups in total. The first-order valence-corrected chi connectivity index (χ1v) is 7.56. The Bertz CT molecular complexity index is 613. The Morgan fingerprint density at radius 3 is 2.60 bits per heavy atom. The number of thiazole rings is 1. The Hall–Kier alpha value is -1.86. The summed E-state index contributed by atoms with van der Waals surface area (Å²) < 4.78 is 0.774. The molecule has 1 heterocycles. The third-order valence-electron chi connectivity index (χ3n) is 2.40. The van der Waals surface area contributed by atoms with Gasteiger partial charge in [-0.25, -0.2) is 9.78 Å². The maximum absolute atomic E-state index is 12.1. The van der Waals surface area contributed by atoms with Crippen molar-refractivity contribution in [2.24, 2.45) is 5.73 Å². The molecule has 0 aliphatic rings. The predicted octanol–water partition coefficient (Wildman–Crippen LogP) is 2.48. The zero-order valence-electron chi connectivity index (χ0n) is 10.7. The van der Waals surface area contributed by atoms with Crippen molar-refractivity contribution >= 4 is 35.0 Å². The molecule has 7 heteroatoms. The fraction of sp³-hybridized carbons (Fsp3) is 0.154. The van der Waals surface area contributed by atoms with Crippen LogP contribution in [0, 0.1) is 6.92 Å². The van der Waals surface area contributed by atoms with Crippen LogP contribution in [-0.2, 0) is 4.79 Å². The first-order valence-electron chi connectivity index (χ1n) is 5.80. The number of hydrogen-bond acceptors (Lipinski definition) is 5. The summed E-state index contributed by atoms with van der Waals surface area (Å²) in [5.74, 6) is -0.443. The zero-order valence-corrected chi connectivity index (χ0v) is 12.3. The minimum absolute atomic E-state index is 0.443. The van der Waals surface area contributed by atoms with Gasteiger partial charge < -0.3 is 5.73 Å². The first-order chi connectivity index (χ1) is 9.56. The van der Waals surface area contributed by atoms with Crippen LogP contribution in [0.5, 0.6) is 0 Å². The molecule has 2 rings (SSSR count). The largest absolute Gasteiger partial charge is 0.351 e. The highest BCUT2D eigenvalue weighted by molar-refractivity contribution is 8.01. The first kappa shape index (κ1) is 14.5. The fourth-order valence-electron chi connectivity index (χ4n) is 1.58. The summed E-state index contributed by atoms with van der Waals surface area (Å²) in [4.78, 5) is 27.3. The highest BCUT2D eigenvalue weighted by atomic mass is 32.2. The lowest BCUT2D eigenvalue weighted by Gasteiger charge is -2.14. The number of carbonyl (C=O) groups is 2. The number of nitrogens with zero attached hydrogens (tertiary/aromatic N) is 1. The number of nitrogens with one attached hydrogen (secondary N) is 1. The molecule has 0 aliphatic carbocycles. The van der Waals surface area contributed by atoms with E-state index in [2.05, 4.69) is 10.3 Å². The van der Waals surface area contributed by atoms with Gasteiger partial charge in [0.1, 0.15) is 5.25 Å². The van der Waals surface area contributed by atoms with Crippen molar-refractivity contribution in [1.82, 2.24) is 10.3 Å². The quantitative estimate of drug-likeness (QED) is 0.850. The number of thioether (sulfide) groups is 1. The molecule has 1 aromatic carbocycles. The molecule has 1 atom stereocenters. The number of aromatic nitrogens is 1. The molecule has 0 fully saturated rings. The zero-order chi connectivity index (χ0) is 14.5. The average molecular weight is 307 g/mol. The molecule has 0 unspecified atom stereocenters. The molecule has 2 aromatic rings. The van der Waals surface area contributed by atoms with Gasteiger partial charge in [0.05, 0.1) is 0 Å². The third kappa shape index (κ3) is 3.82. The van der Waals surface area contributed by atoms with Crippen molar-refractivity contribution in [2.75, 3.05) is 0 Å². The maximum Gasteiger partial charge on any atom is 0.318 e. The van der Waals surface area contributed by atoms with Crippen molar-refractivity contribution in [2.45, 2.75) is 16.5 Å². The maximum atomic E-state index is 12.1. The Balaban J connectivity index is 2.24. The molecule has 1 aromatic heterocycles. The van der Waals surface area contributed by atoms with Crippen molar-refractivity contribution in [1.29, 1.82) is 0 Å². The normalized spacial score (nSPS) is 11.8. The van der Waals surface area contributed by atoms with Crippen LogP contribution in [0.3, 0.4) is 0 Å². The molecule has 20 heavy (non-hydrogen) atoms. The van der Waals surface area contributed by atoms with Gasteiger partial charge in [-0.1, -0.05) is 42.1 Å². The SMILES string of the molecule is Cc1csc(S[C@@H](C(=O)NC(N)=O)c2ccccc2)n1. The second-order valence-corrected chi connectivity index (χ2v) is 6.23. The number of nitrogens with two attached hydrogens (primary N) is 1. The molecule has 0 radical (unpaired) electrons. The lowest BCUT2D eigenvalue weighted by Crippen LogP contribution is -2.37. The predicted molar refractivity (Wildman–Crippen MR) is 79.6 cm³/mol. The van der Waals surface area contributed by atoms with Crippen LogP contribution in [0.25, 0.3) is 0 Å². The summed E-state index contributed by atoms with van der Waals surface area (Å²) in [6.07, 6.45) is 0. The van der Waals surface area contributed by atoms with Gasteiger partial charge in [0, 0.05) is 11.1 Å². The van der Waals surface area contributed by atoms with Gasteiger partial charge in [0.15, 0.2) is 4.34 Å². The fourth-order valence-corrected chi connectivity index (χ4v) is 3.61. The number of amides is 3. The minimum atomic E-state index is -0.855. The van der Waals surface area contributed by atoms with E-state index in [-0.39, 0.29) is 0 Å². The van der Waals surface area contributed by atoms with Gasteiger partial charge in [-0.2, -0.15) is 0 Å². The van der Waals surface area contributed by atoms with Gasteiger partial charge in [-0.05, 0) is 12.5 Å². The summed E-state index contributed by atoms with van der Waals surface area (Å²) in [6, 6.07) is 8.36. The van der Waals surface area contributed by atoms with E-state index in [0.29, 0.717) is 0 Å². The minimum Gasteiger partial charge on any atom is -0.351 e. The summed E-state index contributed by atoms with van der Waals surface area (Å²) in [5.41, 5.74) is 6.71. The third-order valence-corrected chi connectivity index (χ3v) is 4.75. The van der Waals surface area contributed by atoms with E-state index in [9.17, 15) is 9.59 Å². The second-order valence-electron chi connectivity index (χ2n) is 4.02. The smallest absolute Gasteiger partial charge is 0.318 e. The highest BCUT2D eigenvalue weighted by Crippen LogP contribution is 2.36. The Labute approximate surface area is 124 Å². The number of rotatable bonds is 4. The highest BCUT2D eigenvalue weighted by Gasteiger charge is 2.24. The lowest BCUT2D eigenvalue weighted by molar-refractivity contribution is -0.119. The number of imide groups is 1. The second kappa shape index (κ2) is 6.53. The van der Waals surface area contributed by atoms with E-state index in [4.69, 9.17) is 5.73 Å². The van der Waals surface area contributed by atoms with Crippen molar-refractivity contribution in [3.8, 4) is 0 Å². The molecule has 0 spiro atoms. The number of carbonyl (C=O) groups excluding carboxylic acids is 2. The molecular weight excluding hydrogens is 294 g/mol. The number of hydrogen-bond donors (Lipinski definition) is 2. The Kier molecular flexibility index (Phi) is 4.75. The summed E-state index contributed by atoms with van der Waals surface area (Å²) in [6.45, 7) is 1.89. The lowest BCUT2D eigenvalue weighted by atomic mass is 10.1. The Morgan fingerprint density at radius 2 is 2.05 bits per heavy atom. The number of aryl methyl sites for hydroxylation is 1. The Morgan fingerprint density at radius 1 is 1.35 bits per heavy atom. The molecule has 0 bridgehead atoms. The van der Waals surface area contributed by atoms with Crippen LogP contribution >= 0.6 is 23.1 Å². The van der Waals surface area contributed by atoms with E-state index in [0.717, 1.165) is 15.6 Å². The van der Waals surface area contributed by atoms with Gasteiger partial charge >= 0.3 is 6.03 Å². The van der Waals surface area contributed by atoms with Crippen LogP contribution in [0.1, 0.15) is 16.5 Å². The summed E-state index contributed by atoms with van der Waals surface area (Å²) in [7, 11) is 0. The molecule has 0 aliphatic heterocycles. The molecule has 104 valence electrons. The van der Waals surface area contributed by atoms with Gasteiger partial charge in [0.2, 0.25) is 5.91 Å². The molecular formula is C13H13N3O2S2. The van der Waals surface area contributed by atoms with Crippen molar-refractivity contribution in [3.05, 3.63) is 47.0 Å². The molecule has 0 saturated carbocycles. The van der Waals surface area contributed by atoms with E-state index in [1.807, 2.05) is 42.6 Å². The van der Waals surface area contributed by atoms with Crippen LogP contribution in [0.2, 0.25) is 0 Å². The standard InChI is InChI=1S/C13H13N3O2S2/c1-8-7-19-13(15-8)20-10(11(17)16-12(14)18)9-5-3-2-4-6-9/h2-7,10H,1H3,(H3,14,16,17,18)/t10-/m1/s1. The van der Waals surface area contributed by atoms with Crippen LogP contribution in [0.15, 0.2) is 40.1 Å². The summed E-state index contributed by atoms with van der Waals surface area (Å²) in [5, 5.41) is 3.48. The van der Waals surface area contributed by atoms with Crippen molar-refractivity contribution in [3.63, 3.8) is 0 Å². The van der Waals surface area contributed by atoms with Gasteiger partial charge in [0.25, 0.3) is 0 Å². The van der Waals surface area contributed by atoms with Crippen LogP contribution in [-0.4, -0.2) is 16.9 Å². The van der Waals surface area contributed by atoms with E-state index >= 15 is 0 Å². The summed E-state index contributed by atoms with van der Waals surface area (Å²) >= 11 is 2.76. The van der Waals surface area contributed by atoms with Crippen molar-refractivity contribution < 1.29 is 9.59 Å². The molecule has 0 saturated heterocycles. The van der Waals surface area contributed by atoms with E-state index in [1.165, 1.54) is 23.1 Å². The number of urea groups is 1. The number of benzene rings is 1. The molecule has 5 nitrogen and oxygen atoms in total. The topological polar surface area (TPSA) is 85.1 Å². The van der Waals surface area contributed by atoms with Crippen LogP contribution < -0.4 is 11.1 Å². The van der Waals surface area contributed by atoms with Gasteiger partial charge in [-0.3, -0.25) is 10.1 Å². The average Bonchev–Trinajstić information content (AvgIpc) is 2.81. The molecule has 3 amide bonds.